The lowest BCUT2D eigenvalue weighted by molar-refractivity contribution is -0.143. The molecule has 1 N–H and O–H groups in total. The standard InChI is InChI=1S/C20H29ClFNO3S/c1-5-8-10-26-20(25)17(9-6-2)27-18-12-16(15(22)11-14(18)21)23-19(24)13(4)7-3/h11-13,17H,5-10H2,1-4H3,(H,23,24). The molecule has 0 aliphatic carbocycles. The van der Waals surface area contributed by atoms with Crippen LogP contribution in [0.1, 0.15) is 59.8 Å². The van der Waals surface area contributed by atoms with Crippen LogP contribution in [0.3, 0.4) is 0 Å². The van der Waals surface area contributed by atoms with Gasteiger partial charge in [0, 0.05) is 10.8 Å². The number of amides is 1. The number of thioether (sulfide) groups is 1. The number of anilines is 1. The number of hydrogen-bond donors (Lipinski definition) is 1. The Morgan fingerprint density at radius 3 is 2.56 bits per heavy atom. The number of unbranched alkanes of at least 4 members (excludes halogenated alkanes) is 1. The second-order valence-electron chi connectivity index (χ2n) is 6.48. The van der Waals surface area contributed by atoms with Gasteiger partial charge in [0.2, 0.25) is 5.91 Å². The van der Waals surface area contributed by atoms with Crippen molar-refractivity contribution in [2.75, 3.05) is 11.9 Å². The summed E-state index contributed by atoms with van der Waals surface area (Å²) < 4.78 is 19.5. The van der Waals surface area contributed by atoms with E-state index >= 15 is 0 Å². The van der Waals surface area contributed by atoms with Crippen LogP contribution in [0.15, 0.2) is 17.0 Å². The molecule has 27 heavy (non-hydrogen) atoms. The fourth-order valence-electron chi connectivity index (χ4n) is 2.21. The highest BCUT2D eigenvalue weighted by atomic mass is 35.5. The van der Waals surface area contributed by atoms with E-state index < -0.39 is 11.1 Å². The number of nitrogens with one attached hydrogen (secondary N) is 1. The van der Waals surface area contributed by atoms with E-state index in [0.717, 1.165) is 19.3 Å². The molecule has 0 aliphatic heterocycles. The van der Waals surface area contributed by atoms with Gasteiger partial charge in [-0.15, -0.1) is 11.8 Å². The lowest BCUT2D eigenvalue weighted by Gasteiger charge is -2.17. The van der Waals surface area contributed by atoms with Crippen molar-refractivity contribution in [3.8, 4) is 0 Å². The van der Waals surface area contributed by atoms with Gasteiger partial charge in [0.05, 0.1) is 17.3 Å². The second-order valence-corrected chi connectivity index (χ2v) is 8.13. The number of carbonyl (C=O) groups is 2. The average Bonchev–Trinajstić information content (AvgIpc) is 2.64. The molecule has 1 aromatic rings. The molecule has 0 saturated carbocycles. The normalized spacial score (nSPS) is 13.1. The van der Waals surface area contributed by atoms with Gasteiger partial charge < -0.3 is 10.1 Å². The minimum atomic E-state index is -0.599. The number of ether oxygens (including phenoxy) is 1. The first-order chi connectivity index (χ1) is 12.8. The molecule has 2 unspecified atom stereocenters. The summed E-state index contributed by atoms with van der Waals surface area (Å²) in [5.74, 6) is -1.37. The number of benzene rings is 1. The molecule has 0 bridgehead atoms. The summed E-state index contributed by atoms with van der Waals surface area (Å²) >= 11 is 7.42. The van der Waals surface area contributed by atoms with Gasteiger partial charge in [-0.05, 0) is 31.4 Å². The Hall–Kier alpha value is -1.27. The van der Waals surface area contributed by atoms with E-state index in [2.05, 4.69) is 5.32 Å². The molecule has 0 aliphatic rings. The van der Waals surface area contributed by atoms with Crippen LogP contribution in [0.5, 0.6) is 0 Å². The molecule has 0 heterocycles. The van der Waals surface area contributed by atoms with Crippen molar-refractivity contribution in [3.63, 3.8) is 0 Å². The largest absolute Gasteiger partial charge is 0.465 e. The highest BCUT2D eigenvalue weighted by Gasteiger charge is 2.23. The molecule has 0 fully saturated rings. The minimum Gasteiger partial charge on any atom is -0.465 e. The van der Waals surface area contributed by atoms with Crippen molar-refractivity contribution in [1.29, 1.82) is 0 Å². The fourth-order valence-corrected chi connectivity index (χ4v) is 3.67. The van der Waals surface area contributed by atoms with Gasteiger partial charge in [0.25, 0.3) is 0 Å². The van der Waals surface area contributed by atoms with Crippen LogP contribution in [0, 0.1) is 11.7 Å². The first-order valence-electron chi connectivity index (χ1n) is 9.47. The Morgan fingerprint density at radius 1 is 1.26 bits per heavy atom. The summed E-state index contributed by atoms with van der Waals surface area (Å²) in [5.41, 5.74) is 0.0711. The summed E-state index contributed by atoms with van der Waals surface area (Å²) in [5, 5.41) is 2.39. The van der Waals surface area contributed by atoms with Gasteiger partial charge in [0.1, 0.15) is 11.1 Å². The third-order valence-corrected chi connectivity index (χ3v) is 5.89. The maximum absolute atomic E-state index is 14.2. The Bertz CT molecular complexity index is 642. The smallest absolute Gasteiger partial charge is 0.319 e. The van der Waals surface area contributed by atoms with Crippen LogP contribution in [-0.4, -0.2) is 23.7 Å². The van der Waals surface area contributed by atoms with E-state index in [1.54, 1.807) is 6.92 Å². The molecule has 1 aromatic carbocycles. The van der Waals surface area contributed by atoms with Crippen molar-refractivity contribution in [1.82, 2.24) is 0 Å². The third-order valence-electron chi connectivity index (χ3n) is 4.16. The van der Waals surface area contributed by atoms with Crippen molar-refractivity contribution >= 4 is 40.9 Å². The van der Waals surface area contributed by atoms with E-state index in [0.29, 0.717) is 24.3 Å². The summed E-state index contributed by atoms with van der Waals surface area (Å²) in [6, 6.07) is 2.66. The summed E-state index contributed by atoms with van der Waals surface area (Å²) in [6.07, 6.45) is 3.85. The van der Waals surface area contributed by atoms with Gasteiger partial charge in [0.15, 0.2) is 0 Å². The maximum atomic E-state index is 14.2. The second kappa shape index (κ2) is 12.2. The van der Waals surface area contributed by atoms with Crippen molar-refractivity contribution in [3.05, 3.63) is 23.0 Å². The molecular formula is C20H29ClFNO3S. The maximum Gasteiger partial charge on any atom is 0.319 e. The molecule has 1 rings (SSSR count). The molecule has 0 spiro atoms. The van der Waals surface area contributed by atoms with E-state index in [4.69, 9.17) is 16.3 Å². The van der Waals surface area contributed by atoms with Crippen LogP contribution in [0.4, 0.5) is 10.1 Å². The van der Waals surface area contributed by atoms with E-state index in [1.807, 2.05) is 20.8 Å². The summed E-state index contributed by atoms with van der Waals surface area (Å²) in [7, 11) is 0. The van der Waals surface area contributed by atoms with E-state index in [9.17, 15) is 14.0 Å². The molecule has 152 valence electrons. The Morgan fingerprint density at radius 2 is 1.96 bits per heavy atom. The number of hydrogen-bond acceptors (Lipinski definition) is 4. The molecule has 2 atom stereocenters. The number of rotatable bonds is 11. The monoisotopic (exact) mass is 417 g/mol. The highest BCUT2D eigenvalue weighted by molar-refractivity contribution is 8.00. The zero-order valence-corrected chi connectivity index (χ0v) is 18.0. The minimum absolute atomic E-state index is 0.0711. The Kier molecular flexibility index (Phi) is 10.8. The number of esters is 1. The lowest BCUT2D eigenvalue weighted by atomic mass is 10.1. The molecular weight excluding hydrogens is 389 g/mol. The number of carbonyl (C=O) groups excluding carboxylic acids is 2. The third kappa shape index (κ3) is 7.70. The van der Waals surface area contributed by atoms with Crippen LogP contribution in [-0.2, 0) is 14.3 Å². The quantitative estimate of drug-likeness (QED) is 0.270. The highest BCUT2D eigenvalue weighted by Crippen LogP contribution is 2.36. The zero-order valence-electron chi connectivity index (χ0n) is 16.4. The van der Waals surface area contributed by atoms with E-state index in [1.165, 1.54) is 23.9 Å². The number of halogens is 2. The van der Waals surface area contributed by atoms with Crippen molar-refractivity contribution in [2.45, 2.75) is 69.9 Å². The Labute approximate surface area is 170 Å². The Balaban J connectivity index is 2.97. The molecule has 0 radical (unpaired) electrons. The van der Waals surface area contributed by atoms with Gasteiger partial charge in [-0.2, -0.15) is 0 Å². The van der Waals surface area contributed by atoms with Crippen LogP contribution in [0.2, 0.25) is 5.02 Å². The molecule has 1 amide bonds. The molecule has 7 heteroatoms. The lowest BCUT2D eigenvalue weighted by Crippen LogP contribution is -2.21. The molecule has 0 saturated heterocycles. The van der Waals surface area contributed by atoms with Crippen molar-refractivity contribution < 1.29 is 18.7 Å². The topological polar surface area (TPSA) is 55.4 Å². The van der Waals surface area contributed by atoms with E-state index in [-0.39, 0.29) is 28.5 Å². The van der Waals surface area contributed by atoms with Gasteiger partial charge in [-0.3, -0.25) is 9.59 Å². The van der Waals surface area contributed by atoms with Crippen LogP contribution < -0.4 is 5.32 Å². The first-order valence-corrected chi connectivity index (χ1v) is 10.7. The summed E-state index contributed by atoms with van der Waals surface area (Å²) in [6.45, 7) is 8.08. The zero-order chi connectivity index (χ0) is 20.4. The molecule has 0 aromatic heterocycles. The predicted molar refractivity (Wildman–Crippen MR) is 110 cm³/mol. The van der Waals surface area contributed by atoms with Gasteiger partial charge in [-0.25, -0.2) is 4.39 Å². The SMILES string of the molecule is CCCCOC(=O)C(CCC)Sc1cc(NC(=O)C(C)CC)c(F)cc1Cl. The molecule has 4 nitrogen and oxygen atoms in total. The van der Waals surface area contributed by atoms with Gasteiger partial charge in [-0.1, -0.05) is 52.1 Å². The summed E-state index contributed by atoms with van der Waals surface area (Å²) in [4.78, 5) is 25.0. The van der Waals surface area contributed by atoms with Gasteiger partial charge >= 0.3 is 5.97 Å². The van der Waals surface area contributed by atoms with Crippen LogP contribution in [0.25, 0.3) is 0 Å². The average molecular weight is 418 g/mol. The predicted octanol–water partition coefficient (Wildman–Crippen LogP) is 6.07. The van der Waals surface area contributed by atoms with Crippen LogP contribution >= 0.6 is 23.4 Å². The van der Waals surface area contributed by atoms with Crippen molar-refractivity contribution in [2.24, 2.45) is 5.92 Å². The first kappa shape index (κ1) is 23.8. The fraction of sp³-hybridized carbons (Fsp3) is 0.600.